The molecule has 162 valence electrons. The molecule has 1 unspecified atom stereocenters. The summed E-state index contributed by atoms with van der Waals surface area (Å²) >= 11 is 0. The number of alkyl halides is 2. The fraction of sp³-hybridized carbons (Fsp3) is 0.143. The second-order valence-corrected chi connectivity index (χ2v) is 6.35. The standard InChI is InChI=1S/C21H16F4N2O4/c1-11(30-14-7-6-12-4-2-3-5-13(12)8-14)19(28)26-27-20(29)18-16(22)9-15(10-17(18)23)31-21(24)25/h2-11,21H,1H3,(H,26,28)(H,27,29). The first kappa shape index (κ1) is 21.9. The molecule has 0 aliphatic heterocycles. The minimum atomic E-state index is -3.29. The van der Waals surface area contributed by atoms with Gasteiger partial charge in [0.1, 0.15) is 28.7 Å². The Morgan fingerprint density at radius 1 is 0.839 bits per heavy atom. The molecule has 0 saturated heterocycles. The number of fused-ring (bicyclic) bond motifs is 1. The number of carbonyl (C=O) groups excluding carboxylic acids is 2. The van der Waals surface area contributed by atoms with E-state index in [2.05, 4.69) is 4.74 Å². The van der Waals surface area contributed by atoms with E-state index >= 15 is 0 Å². The van der Waals surface area contributed by atoms with Crippen molar-refractivity contribution >= 4 is 22.6 Å². The van der Waals surface area contributed by atoms with Crippen molar-refractivity contribution in [2.45, 2.75) is 19.6 Å². The normalized spacial score (nSPS) is 11.8. The zero-order valence-corrected chi connectivity index (χ0v) is 16.0. The van der Waals surface area contributed by atoms with Gasteiger partial charge in [-0.05, 0) is 29.8 Å². The zero-order chi connectivity index (χ0) is 22.5. The number of nitrogens with one attached hydrogen (secondary N) is 2. The van der Waals surface area contributed by atoms with Gasteiger partial charge in [-0.25, -0.2) is 8.78 Å². The van der Waals surface area contributed by atoms with E-state index in [0.29, 0.717) is 17.9 Å². The van der Waals surface area contributed by atoms with Crippen molar-refractivity contribution in [1.29, 1.82) is 0 Å². The van der Waals surface area contributed by atoms with Gasteiger partial charge in [-0.15, -0.1) is 0 Å². The van der Waals surface area contributed by atoms with Crippen molar-refractivity contribution in [3.05, 3.63) is 71.8 Å². The number of ether oxygens (including phenoxy) is 2. The third kappa shape index (κ3) is 5.41. The molecule has 0 aliphatic rings. The molecule has 6 nitrogen and oxygen atoms in total. The molecule has 3 rings (SSSR count). The maximum atomic E-state index is 13.9. The number of rotatable bonds is 6. The fourth-order valence-corrected chi connectivity index (χ4v) is 2.72. The highest BCUT2D eigenvalue weighted by Gasteiger charge is 2.22. The van der Waals surface area contributed by atoms with E-state index in [-0.39, 0.29) is 0 Å². The lowest BCUT2D eigenvalue weighted by atomic mass is 10.1. The van der Waals surface area contributed by atoms with Gasteiger partial charge in [0.2, 0.25) is 0 Å². The van der Waals surface area contributed by atoms with Crippen LogP contribution in [-0.4, -0.2) is 24.5 Å². The Labute approximate surface area is 173 Å². The van der Waals surface area contributed by atoms with Crippen molar-refractivity contribution in [2.24, 2.45) is 0 Å². The van der Waals surface area contributed by atoms with Gasteiger partial charge in [0.25, 0.3) is 11.8 Å². The minimum absolute atomic E-state index is 0.402. The summed E-state index contributed by atoms with van der Waals surface area (Å²) in [6.07, 6.45) is -1.06. The van der Waals surface area contributed by atoms with Crippen LogP contribution in [0.4, 0.5) is 17.6 Å². The minimum Gasteiger partial charge on any atom is -0.481 e. The van der Waals surface area contributed by atoms with Crippen molar-refractivity contribution in [2.75, 3.05) is 0 Å². The maximum absolute atomic E-state index is 13.9. The predicted octanol–water partition coefficient (Wildman–Crippen LogP) is 3.95. The molecule has 0 saturated carbocycles. The first-order valence-electron chi connectivity index (χ1n) is 8.94. The van der Waals surface area contributed by atoms with Crippen molar-refractivity contribution in [1.82, 2.24) is 10.9 Å². The van der Waals surface area contributed by atoms with Gasteiger partial charge in [-0.1, -0.05) is 30.3 Å². The molecule has 10 heteroatoms. The Bertz CT molecular complexity index is 1100. The number of hydrogen-bond acceptors (Lipinski definition) is 4. The zero-order valence-electron chi connectivity index (χ0n) is 16.0. The average Bonchev–Trinajstić information content (AvgIpc) is 2.70. The monoisotopic (exact) mass is 436 g/mol. The molecule has 0 bridgehead atoms. The Morgan fingerprint density at radius 3 is 2.13 bits per heavy atom. The molecule has 0 fully saturated rings. The lowest BCUT2D eigenvalue weighted by molar-refractivity contribution is -0.128. The largest absolute Gasteiger partial charge is 0.481 e. The van der Waals surface area contributed by atoms with Crippen LogP contribution in [0.15, 0.2) is 54.6 Å². The smallest absolute Gasteiger partial charge is 0.387 e. The molecule has 0 radical (unpaired) electrons. The highest BCUT2D eigenvalue weighted by Crippen LogP contribution is 2.23. The quantitative estimate of drug-likeness (QED) is 0.453. The second kappa shape index (κ2) is 9.33. The summed E-state index contributed by atoms with van der Waals surface area (Å²) in [4.78, 5) is 24.2. The van der Waals surface area contributed by atoms with Gasteiger partial charge in [-0.2, -0.15) is 8.78 Å². The lowest BCUT2D eigenvalue weighted by Crippen LogP contribution is -2.47. The van der Waals surface area contributed by atoms with E-state index in [4.69, 9.17) is 4.74 Å². The second-order valence-electron chi connectivity index (χ2n) is 6.35. The van der Waals surface area contributed by atoms with Crippen molar-refractivity contribution in [3.63, 3.8) is 0 Å². The number of hydrogen-bond donors (Lipinski definition) is 2. The third-order valence-electron chi connectivity index (χ3n) is 4.17. The summed E-state index contributed by atoms with van der Waals surface area (Å²) in [6.45, 7) is -1.88. The lowest BCUT2D eigenvalue weighted by Gasteiger charge is -2.16. The number of hydrazine groups is 1. The van der Waals surface area contributed by atoms with Crippen LogP contribution in [0.3, 0.4) is 0 Å². The predicted molar refractivity (Wildman–Crippen MR) is 103 cm³/mol. The van der Waals surface area contributed by atoms with Gasteiger partial charge in [-0.3, -0.25) is 20.4 Å². The van der Waals surface area contributed by atoms with Crippen LogP contribution in [0.2, 0.25) is 0 Å². The number of carbonyl (C=O) groups is 2. The van der Waals surface area contributed by atoms with E-state index in [1.165, 1.54) is 6.92 Å². The molecule has 0 aromatic heterocycles. The molecule has 2 N–H and O–H groups in total. The van der Waals surface area contributed by atoms with Gasteiger partial charge in [0.15, 0.2) is 6.10 Å². The van der Waals surface area contributed by atoms with E-state index in [0.717, 1.165) is 10.8 Å². The number of benzene rings is 3. The first-order chi connectivity index (χ1) is 14.7. The summed E-state index contributed by atoms with van der Waals surface area (Å²) < 4.78 is 61.6. The highest BCUT2D eigenvalue weighted by atomic mass is 19.3. The van der Waals surface area contributed by atoms with Gasteiger partial charge in [0.05, 0.1) is 0 Å². The molecule has 31 heavy (non-hydrogen) atoms. The van der Waals surface area contributed by atoms with E-state index in [1.807, 2.05) is 41.2 Å². The summed E-state index contributed by atoms with van der Waals surface area (Å²) in [7, 11) is 0. The topological polar surface area (TPSA) is 76.7 Å². The van der Waals surface area contributed by atoms with Crippen molar-refractivity contribution in [3.8, 4) is 11.5 Å². The fourth-order valence-electron chi connectivity index (χ4n) is 2.72. The summed E-state index contributed by atoms with van der Waals surface area (Å²) in [5, 5.41) is 1.87. The molecule has 0 aliphatic carbocycles. The molecule has 0 spiro atoms. The van der Waals surface area contributed by atoms with Gasteiger partial charge >= 0.3 is 6.61 Å². The van der Waals surface area contributed by atoms with E-state index in [9.17, 15) is 27.2 Å². The number of halogens is 4. The van der Waals surface area contributed by atoms with Gasteiger partial charge in [0, 0.05) is 12.1 Å². The van der Waals surface area contributed by atoms with Crippen LogP contribution in [0, 0.1) is 11.6 Å². The SMILES string of the molecule is CC(Oc1ccc2ccccc2c1)C(=O)NNC(=O)c1c(F)cc(OC(F)F)cc1F. The first-order valence-corrected chi connectivity index (χ1v) is 8.94. The number of amides is 2. The molecule has 2 amide bonds. The van der Waals surface area contributed by atoms with Crippen LogP contribution in [-0.2, 0) is 4.79 Å². The summed E-state index contributed by atoms with van der Waals surface area (Å²) in [5.41, 5.74) is 2.76. The van der Waals surface area contributed by atoms with E-state index < -0.39 is 47.5 Å². The molecule has 1 atom stereocenters. The third-order valence-corrected chi connectivity index (χ3v) is 4.17. The molecular weight excluding hydrogens is 420 g/mol. The summed E-state index contributed by atoms with van der Waals surface area (Å²) in [6, 6.07) is 13.6. The van der Waals surface area contributed by atoms with Crippen LogP contribution in [0.1, 0.15) is 17.3 Å². The average molecular weight is 436 g/mol. The maximum Gasteiger partial charge on any atom is 0.387 e. The highest BCUT2D eigenvalue weighted by molar-refractivity contribution is 5.96. The van der Waals surface area contributed by atoms with Crippen LogP contribution in [0.25, 0.3) is 10.8 Å². The Kier molecular flexibility index (Phi) is 6.58. The Hall–Kier alpha value is -3.82. The van der Waals surface area contributed by atoms with Crippen LogP contribution < -0.4 is 20.3 Å². The summed E-state index contributed by atoms with van der Waals surface area (Å²) in [5.74, 6) is -5.39. The molecule has 0 heterocycles. The Morgan fingerprint density at radius 2 is 1.48 bits per heavy atom. The molecule has 3 aromatic carbocycles. The van der Waals surface area contributed by atoms with Crippen molar-refractivity contribution < 1.29 is 36.6 Å². The molecule has 3 aromatic rings. The van der Waals surface area contributed by atoms with Gasteiger partial charge < -0.3 is 9.47 Å². The van der Waals surface area contributed by atoms with Crippen LogP contribution in [0.5, 0.6) is 11.5 Å². The van der Waals surface area contributed by atoms with Crippen LogP contribution >= 0.6 is 0 Å². The molecular formula is C21H16F4N2O4. The van der Waals surface area contributed by atoms with E-state index in [1.54, 1.807) is 12.1 Å². The Balaban J connectivity index is 1.61.